The largest absolute Gasteiger partial charge is 0.491 e. The van der Waals surface area contributed by atoms with Crippen molar-refractivity contribution in [3.05, 3.63) is 125 Å². The molecule has 1 aliphatic rings. The summed E-state index contributed by atoms with van der Waals surface area (Å²) in [5, 5.41) is 0.672. The van der Waals surface area contributed by atoms with Crippen LogP contribution < -0.4 is 24.4 Å². The Morgan fingerprint density at radius 2 is 1.81 bits per heavy atom. The van der Waals surface area contributed by atoms with Crippen molar-refractivity contribution in [3.63, 3.8) is 0 Å². The van der Waals surface area contributed by atoms with Crippen LogP contribution in [0.5, 0.6) is 11.5 Å². The van der Waals surface area contributed by atoms with Crippen LogP contribution in [0, 0.1) is 0 Å². The quantitative estimate of drug-likeness (QED) is 0.226. The van der Waals surface area contributed by atoms with Gasteiger partial charge in [-0.05, 0) is 86.9 Å². The van der Waals surface area contributed by atoms with Gasteiger partial charge in [0.15, 0.2) is 4.80 Å². The van der Waals surface area contributed by atoms with Gasteiger partial charge in [0.05, 0.1) is 34.6 Å². The van der Waals surface area contributed by atoms with E-state index in [2.05, 4.69) is 4.99 Å². The van der Waals surface area contributed by atoms with E-state index in [0.29, 0.717) is 43.7 Å². The Morgan fingerprint density at radius 1 is 1.07 bits per heavy atom. The molecule has 5 rings (SSSR count). The first-order chi connectivity index (χ1) is 20.2. The van der Waals surface area contributed by atoms with Gasteiger partial charge in [-0.1, -0.05) is 59.3 Å². The van der Waals surface area contributed by atoms with Crippen molar-refractivity contribution >= 4 is 35.0 Å². The number of allylic oxidation sites excluding steroid dienone is 1. The van der Waals surface area contributed by atoms with Crippen molar-refractivity contribution in [1.82, 2.24) is 4.57 Å². The van der Waals surface area contributed by atoms with E-state index in [-0.39, 0.29) is 18.3 Å². The number of halogens is 1. The first-order valence-electron chi connectivity index (χ1n) is 13.7. The summed E-state index contributed by atoms with van der Waals surface area (Å²) in [4.78, 5) is 32.2. The highest BCUT2D eigenvalue weighted by atomic mass is 35.5. The average molecular weight is 603 g/mol. The number of benzene rings is 3. The Kier molecular flexibility index (Phi) is 8.94. The highest BCUT2D eigenvalue weighted by Crippen LogP contribution is 2.32. The number of rotatable bonds is 9. The molecule has 1 atom stereocenters. The molecule has 0 N–H and O–H groups in total. The fourth-order valence-electron chi connectivity index (χ4n) is 4.70. The second kappa shape index (κ2) is 12.8. The monoisotopic (exact) mass is 602 g/mol. The Morgan fingerprint density at radius 3 is 2.50 bits per heavy atom. The molecule has 0 fully saturated rings. The molecular formula is C33H31ClN2O5S. The summed E-state index contributed by atoms with van der Waals surface area (Å²) in [5.74, 6) is 0.886. The summed E-state index contributed by atoms with van der Waals surface area (Å²) < 4.78 is 19.2. The summed E-state index contributed by atoms with van der Waals surface area (Å²) >= 11 is 7.26. The smallest absolute Gasteiger partial charge is 0.338 e. The lowest BCUT2D eigenvalue weighted by molar-refractivity contribution is -0.139. The lowest BCUT2D eigenvalue weighted by atomic mass is 9.96. The molecule has 216 valence electrons. The minimum atomic E-state index is -0.690. The number of aromatic nitrogens is 1. The molecule has 0 amide bonds. The molecule has 3 aromatic carbocycles. The predicted octanol–water partition coefficient (Wildman–Crippen LogP) is 5.82. The molecule has 7 nitrogen and oxygen atoms in total. The van der Waals surface area contributed by atoms with Gasteiger partial charge >= 0.3 is 5.97 Å². The van der Waals surface area contributed by atoms with Gasteiger partial charge in [0.25, 0.3) is 5.56 Å². The van der Waals surface area contributed by atoms with Crippen molar-refractivity contribution in [2.45, 2.75) is 46.4 Å². The third kappa shape index (κ3) is 6.50. The number of ether oxygens (including phenoxy) is 3. The predicted molar refractivity (Wildman–Crippen MR) is 165 cm³/mol. The summed E-state index contributed by atoms with van der Waals surface area (Å²) in [7, 11) is 0. The molecule has 2 heterocycles. The van der Waals surface area contributed by atoms with E-state index in [4.69, 9.17) is 25.8 Å². The highest BCUT2D eigenvalue weighted by molar-refractivity contribution is 7.07. The summed E-state index contributed by atoms with van der Waals surface area (Å²) in [6.45, 7) is 8.04. The average Bonchev–Trinajstić information content (AvgIpc) is 3.26. The van der Waals surface area contributed by atoms with Crippen molar-refractivity contribution in [2.75, 3.05) is 6.61 Å². The molecule has 42 heavy (non-hydrogen) atoms. The van der Waals surface area contributed by atoms with Gasteiger partial charge in [-0.3, -0.25) is 9.36 Å². The maximum Gasteiger partial charge on any atom is 0.338 e. The number of nitrogens with zero attached hydrogens (tertiary/aromatic N) is 2. The molecule has 1 aliphatic heterocycles. The maximum atomic E-state index is 13.9. The Hall–Kier alpha value is -4.14. The third-order valence-electron chi connectivity index (χ3n) is 6.56. The molecule has 4 aromatic rings. The zero-order chi connectivity index (χ0) is 29.8. The Bertz CT molecular complexity index is 1800. The van der Waals surface area contributed by atoms with E-state index in [1.807, 2.05) is 92.7 Å². The normalized spacial score (nSPS) is 14.9. The van der Waals surface area contributed by atoms with Crippen LogP contribution in [0.15, 0.2) is 93.9 Å². The van der Waals surface area contributed by atoms with Gasteiger partial charge in [-0.25, -0.2) is 9.79 Å². The molecular weight excluding hydrogens is 572 g/mol. The van der Waals surface area contributed by atoms with Crippen LogP contribution in [0.3, 0.4) is 0 Å². The van der Waals surface area contributed by atoms with Crippen molar-refractivity contribution < 1.29 is 19.0 Å². The minimum absolute atomic E-state index is 0.0205. The van der Waals surface area contributed by atoms with Crippen LogP contribution in [0.4, 0.5) is 0 Å². The molecule has 0 saturated heterocycles. The van der Waals surface area contributed by atoms with Gasteiger partial charge in [0, 0.05) is 5.02 Å². The topological polar surface area (TPSA) is 79.1 Å². The summed E-state index contributed by atoms with van der Waals surface area (Å²) in [5.41, 5.74) is 3.18. The van der Waals surface area contributed by atoms with Gasteiger partial charge in [0.1, 0.15) is 18.1 Å². The molecule has 9 heteroatoms. The second-order valence-electron chi connectivity index (χ2n) is 10.0. The number of hydrogen-bond donors (Lipinski definition) is 0. The van der Waals surface area contributed by atoms with Gasteiger partial charge < -0.3 is 14.2 Å². The van der Waals surface area contributed by atoms with Crippen LogP contribution in [0.25, 0.3) is 6.08 Å². The van der Waals surface area contributed by atoms with Crippen LogP contribution in [-0.2, 0) is 16.1 Å². The Balaban J connectivity index is 1.52. The van der Waals surface area contributed by atoms with Crippen LogP contribution in [0.1, 0.15) is 50.4 Å². The molecule has 0 saturated carbocycles. The van der Waals surface area contributed by atoms with Crippen molar-refractivity contribution in [2.24, 2.45) is 4.99 Å². The van der Waals surface area contributed by atoms with E-state index < -0.39 is 12.0 Å². The number of esters is 1. The molecule has 0 aliphatic carbocycles. The van der Waals surface area contributed by atoms with Crippen LogP contribution >= 0.6 is 22.9 Å². The fourth-order valence-corrected chi connectivity index (χ4v) is 5.87. The SMILES string of the molecule is CCOC(=O)C1=C(C)N=c2s/c(=C/c3cccc(OCc4ccc(Cl)cc4)c3)c(=O)n2[C@H]1c1ccc(OC(C)C)cc1. The second-order valence-corrected chi connectivity index (χ2v) is 11.5. The Labute approximate surface area is 253 Å². The number of carbonyl (C=O) groups excluding carboxylic acids is 1. The lowest BCUT2D eigenvalue weighted by Crippen LogP contribution is -2.39. The van der Waals surface area contributed by atoms with E-state index in [0.717, 1.165) is 16.7 Å². The molecule has 0 unspecified atom stereocenters. The number of fused-ring (bicyclic) bond motifs is 1. The zero-order valence-electron chi connectivity index (χ0n) is 23.8. The van der Waals surface area contributed by atoms with E-state index in [9.17, 15) is 9.59 Å². The maximum absolute atomic E-state index is 13.9. The van der Waals surface area contributed by atoms with Gasteiger partial charge in [-0.2, -0.15) is 0 Å². The summed E-state index contributed by atoms with van der Waals surface area (Å²) in [6.07, 6.45) is 1.84. The molecule has 0 spiro atoms. The minimum Gasteiger partial charge on any atom is -0.491 e. The standard InChI is InChI=1S/C33H31ClN2O5S/c1-5-39-32(38)29-21(4)35-33-36(30(29)24-11-15-26(16-12-24)41-20(2)3)31(37)28(42-33)18-23-7-6-8-27(17-23)40-19-22-9-13-25(34)14-10-22/h6-18,20,30H,5,19H2,1-4H3/b28-18+/t30-/m0/s1. The summed E-state index contributed by atoms with van der Waals surface area (Å²) in [6, 6.07) is 21.8. The fraction of sp³-hybridized carbons (Fsp3) is 0.242. The third-order valence-corrected chi connectivity index (χ3v) is 7.79. The van der Waals surface area contributed by atoms with Gasteiger partial charge in [-0.15, -0.1) is 0 Å². The van der Waals surface area contributed by atoms with Crippen LogP contribution in [0.2, 0.25) is 5.02 Å². The molecule has 1 aromatic heterocycles. The van der Waals surface area contributed by atoms with Crippen molar-refractivity contribution in [3.8, 4) is 11.5 Å². The van der Waals surface area contributed by atoms with Gasteiger partial charge in [0.2, 0.25) is 0 Å². The highest BCUT2D eigenvalue weighted by Gasteiger charge is 2.33. The van der Waals surface area contributed by atoms with Crippen molar-refractivity contribution in [1.29, 1.82) is 0 Å². The first kappa shape index (κ1) is 29.4. The lowest BCUT2D eigenvalue weighted by Gasteiger charge is -2.25. The number of hydrogen-bond acceptors (Lipinski definition) is 7. The molecule has 0 radical (unpaired) electrons. The molecule has 0 bridgehead atoms. The van der Waals surface area contributed by atoms with E-state index in [1.54, 1.807) is 18.4 Å². The zero-order valence-corrected chi connectivity index (χ0v) is 25.4. The van der Waals surface area contributed by atoms with Crippen LogP contribution in [-0.4, -0.2) is 23.2 Å². The number of carbonyl (C=O) groups is 1. The first-order valence-corrected chi connectivity index (χ1v) is 14.9. The number of thiazole rings is 1. The van der Waals surface area contributed by atoms with E-state index >= 15 is 0 Å². The van der Waals surface area contributed by atoms with E-state index in [1.165, 1.54) is 11.3 Å².